The smallest absolute Gasteiger partial charge is 0.179 e. The summed E-state index contributed by atoms with van der Waals surface area (Å²) in [4.78, 5) is 11.3. The number of ketones is 1. The molecule has 0 N–H and O–H groups in total. The van der Waals surface area contributed by atoms with Crippen LogP contribution in [0.3, 0.4) is 0 Å². The molecule has 132 valence electrons. The van der Waals surface area contributed by atoms with Gasteiger partial charge in [-0.1, -0.05) is 0 Å². The number of halogens is 2. The van der Waals surface area contributed by atoms with Gasteiger partial charge in [0.1, 0.15) is 29.0 Å². The third kappa shape index (κ3) is 3.37. The number of aromatic nitrogens is 4. The van der Waals surface area contributed by atoms with Crippen molar-refractivity contribution in [2.45, 2.75) is 26.4 Å². The van der Waals surface area contributed by atoms with Crippen molar-refractivity contribution in [2.75, 3.05) is 0 Å². The lowest BCUT2D eigenvalue weighted by Gasteiger charge is -2.12. The van der Waals surface area contributed by atoms with E-state index in [2.05, 4.69) is 10.2 Å². The summed E-state index contributed by atoms with van der Waals surface area (Å²) in [5.41, 5.74) is 0.426. The van der Waals surface area contributed by atoms with Crippen molar-refractivity contribution in [1.29, 1.82) is 5.26 Å². The largest absolute Gasteiger partial charge is 0.293 e. The molecule has 0 spiro atoms. The molecule has 0 aliphatic carbocycles. The highest BCUT2D eigenvalue weighted by atomic mass is 19.1. The predicted molar refractivity (Wildman–Crippen MR) is 89.2 cm³/mol. The predicted octanol–water partition coefficient (Wildman–Crippen LogP) is 3.36. The zero-order chi connectivity index (χ0) is 18.8. The van der Waals surface area contributed by atoms with Crippen molar-refractivity contribution < 1.29 is 13.6 Å². The average molecular weight is 355 g/mol. The van der Waals surface area contributed by atoms with Gasteiger partial charge >= 0.3 is 0 Å². The van der Waals surface area contributed by atoms with Gasteiger partial charge in [-0.2, -0.15) is 15.5 Å². The van der Waals surface area contributed by atoms with E-state index in [0.717, 1.165) is 12.1 Å². The van der Waals surface area contributed by atoms with E-state index in [1.807, 2.05) is 6.92 Å². The first-order valence-corrected chi connectivity index (χ1v) is 7.88. The summed E-state index contributed by atoms with van der Waals surface area (Å²) in [6.45, 7) is 3.84. The van der Waals surface area contributed by atoms with Gasteiger partial charge in [-0.3, -0.25) is 14.2 Å². The van der Waals surface area contributed by atoms with Crippen LogP contribution in [-0.2, 0) is 6.54 Å². The zero-order valence-electron chi connectivity index (χ0n) is 14.1. The molecule has 1 atom stereocenters. The quantitative estimate of drug-likeness (QED) is 0.658. The molecule has 0 saturated heterocycles. The number of Topliss-reactive ketones (excluding diaryl/α,β-unsaturated/α-hetero) is 1. The highest BCUT2D eigenvalue weighted by Crippen LogP contribution is 2.23. The van der Waals surface area contributed by atoms with Crippen LogP contribution in [-0.4, -0.2) is 25.3 Å². The first-order valence-electron chi connectivity index (χ1n) is 7.88. The fourth-order valence-corrected chi connectivity index (χ4v) is 2.57. The molecular formula is C18H15F2N5O. The normalized spacial score (nSPS) is 12.0. The van der Waals surface area contributed by atoms with Gasteiger partial charge in [0, 0.05) is 24.9 Å². The zero-order valence-corrected chi connectivity index (χ0v) is 14.1. The second-order valence-corrected chi connectivity index (χ2v) is 5.94. The fourth-order valence-electron chi connectivity index (χ4n) is 2.57. The maximum absolute atomic E-state index is 13.8. The molecule has 0 amide bonds. The number of carbonyl (C=O) groups excluding carboxylic acids is 1. The lowest BCUT2D eigenvalue weighted by atomic mass is 10.1. The minimum atomic E-state index is -0.918. The van der Waals surface area contributed by atoms with Crippen LogP contribution in [0.25, 0.3) is 11.3 Å². The number of nitrogens with zero attached hydrogens (tertiary/aromatic N) is 5. The summed E-state index contributed by atoms with van der Waals surface area (Å²) in [6.07, 6.45) is 3.41. The highest BCUT2D eigenvalue weighted by molar-refractivity contribution is 5.91. The van der Waals surface area contributed by atoms with Crippen molar-refractivity contribution in [3.05, 3.63) is 59.6 Å². The molecule has 0 aliphatic heterocycles. The van der Waals surface area contributed by atoms with E-state index in [0.29, 0.717) is 17.9 Å². The summed E-state index contributed by atoms with van der Waals surface area (Å²) in [5, 5.41) is 17.3. The van der Waals surface area contributed by atoms with Crippen LogP contribution in [0.1, 0.15) is 35.9 Å². The Morgan fingerprint density at radius 3 is 2.50 bits per heavy atom. The van der Waals surface area contributed by atoms with Crippen molar-refractivity contribution >= 4 is 5.78 Å². The lowest BCUT2D eigenvalue weighted by Crippen LogP contribution is -2.14. The molecule has 0 fully saturated rings. The van der Waals surface area contributed by atoms with E-state index < -0.39 is 17.2 Å². The number of nitriles is 1. The Bertz CT molecular complexity index is 992. The van der Waals surface area contributed by atoms with Crippen LogP contribution in [0, 0.1) is 23.0 Å². The summed E-state index contributed by atoms with van der Waals surface area (Å²) >= 11 is 0. The van der Waals surface area contributed by atoms with Gasteiger partial charge in [-0.15, -0.1) is 0 Å². The Morgan fingerprint density at radius 1 is 1.23 bits per heavy atom. The Labute approximate surface area is 148 Å². The minimum Gasteiger partial charge on any atom is -0.293 e. The van der Waals surface area contributed by atoms with Crippen LogP contribution in [0.5, 0.6) is 0 Å². The topological polar surface area (TPSA) is 76.5 Å². The molecule has 3 aromatic rings. The van der Waals surface area contributed by atoms with E-state index in [4.69, 9.17) is 5.26 Å². The molecule has 1 aromatic carbocycles. The lowest BCUT2D eigenvalue weighted by molar-refractivity contribution is 0.101. The van der Waals surface area contributed by atoms with Crippen molar-refractivity contribution in [3.8, 4) is 17.3 Å². The molecule has 6 nitrogen and oxygen atoms in total. The van der Waals surface area contributed by atoms with Crippen molar-refractivity contribution in [3.63, 3.8) is 0 Å². The van der Waals surface area contributed by atoms with Crippen LogP contribution in [0.15, 0.2) is 36.7 Å². The maximum atomic E-state index is 13.8. The van der Waals surface area contributed by atoms with E-state index in [1.165, 1.54) is 13.0 Å². The van der Waals surface area contributed by atoms with Gasteiger partial charge < -0.3 is 0 Å². The molecule has 0 radical (unpaired) electrons. The molecule has 8 heteroatoms. The first kappa shape index (κ1) is 17.5. The molecule has 26 heavy (non-hydrogen) atoms. The Hall–Kier alpha value is -3.34. The molecule has 2 aromatic heterocycles. The van der Waals surface area contributed by atoms with Gasteiger partial charge in [0.15, 0.2) is 5.78 Å². The van der Waals surface area contributed by atoms with Crippen LogP contribution in [0.4, 0.5) is 8.78 Å². The van der Waals surface area contributed by atoms with E-state index in [-0.39, 0.29) is 17.4 Å². The summed E-state index contributed by atoms with van der Waals surface area (Å²) < 4.78 is 30.9. The highest BCUT2D eigenvalue weighted by Gasteiger charge is 2.15. The molecule has 3 rings (SSSR count). The maximum Gasteiger partial charge on any atom is 0.179 e. The third-order valence-corrected chi connectivity index (χ3v) is 3.96. The second kappa shape index (κ2) is 6.88. The molecule has 0 bridgehead atoms. The minimum absolute atomic E-state index is 0.100. The van der Waals surface area contributed by atoms with Crippen LogP contribution >= 0.6 is 0 Å². The second-order valence-electron chi connectivity index (χ2n) is 5.94. The van der Waals surface area contributed by atoms with E-state index in [9.17, 15) is 13.6 Å². The summed E-state index contributed by atoms with van der Waals surface area (Å²) in [6, 6.07) is 6.86. The molecule has 0 saturated carbocycles. The number of benzene rings is 1. The Morgan fingerprint density at radius 2 is 1.92 bits per heavy atom. The van der Waals surface area contributed by atoms with Crippen molar-refractivity contribution in [2.24, 2.45) is 0 Å². The number of rotatable bonds is 5. The fraction of sp³-hybridized carbons (Fsp3) is 0.222. The monoisotopic (exact) mass is 355 g/mol. The standard InChI is InChI=1S/C18H15F2N5O/c1-11(10-24-5-3-17(22-24)12(2)26)25-6-4-18(23-25)13-7-15(19)14(9-21)16(20)8-13/h3-8,11H,10H2,1-2H3/t11-/m0/s1. The van der Waals surface area contributed by atoms with Gasteiger partial charge in [0.05, 0.1) is 18.3 Å². The Kier molecular flexibility index (Phi) is 4.63. The molecule has 2 heterocycles. The molecular weight excluding hydrogens is 340 g/mol. The van der Waals surface area contributed by atoms with E-state index >= 15 is 0 Å². The van der Waals surface area contributed by atoms with Gasteiger partial charge in [0.2, 0.25) is 0 Å². The molecule has 0 aliphatic rings. The van der Waals surface area contributed by atoms with Gasteiger partial charge in [-0.05, 0) is 31.2 Å². The van der Waals surface area contributed by atoms with Gasteiger partial charge in [0.25, 0.3) is 0 Å². The van der Waals surface area contributed by atoms with Crippen LogP contribution in [0.2, 0.25) is 0 Å². The van der Waals surface area contributed by atoms with E-state index in [1.54, 1.807) is 33.9 Å². The molecule has 0 unspecified atom stereocenters. The number of hydrogen-bond acceptors (Lipinski definition) is 4. The Balaban J connectivity index is 1.81. The van der Waals surface area contributed by atoms with Gasteiger partial charge in [-0.25, -0.2) is 8.78 Å². The first-order chi connectivity index (χ1) is 12.4. The third-order valence-electron chi connectivity index (χ3n) is 3.96. The number of carbonyl (C=O) groups is 1. The number of hydrogen-bond donors (Lipinski definition) is 0. The SMILES string of the molecule is CC(=O)c1ccn(C[C@H](C)n2ccc(-c3cc(F)c(C#N)c(F)c3)n2)n1. The summed E-state index contributed by atoms with van der Waals surface area (Å²) in [7, 11) is 0. The van der Waals surface area contributed by atoms with Crippen LogP contribution < -0.4 is 0 Å². The average Bonchev–Trinajstić information content (AvgIpc) is 3.24. The summed E-state index contributed by atoms with van der Waals surface area (Å²) in [5.74, 6) is -1.94. The van der Waals surface area contributed by atoms with Crippen molar-refractivity contribution in [1.82, 2.24) is 19.6 Å².